The van der Waals surface area contributed by atoms with Crippen LogP contribution in [0, 0.1) is 5.92 Å². The lowest BCUT2D eigenvalue weighted by Crippen LogP contribution is -2.54. The highest BCUT2D eigenvalue weighted by Gasteiger charge is 2.28. The maximum Gasteiger partial charge on any atom is 0.245 e. The number of carbonyl (C=O) groups excluding carboxylic acids is 2. The van der Waals surface area contributed by atoms with Crippen molar-refractivity contribution in [2.45, 2.75) is 39.2 Å². The standard InChI is InChI=1S/C18H29N3O2S/c1-14(2)13-16(18(23)21-10-8-20(3)9-11-21)19-17(22)7-6-15-5-4-12-24-15/h4-5,12,14,16H,6-11,13H2,1-3H3,(H,19,22)/t16-/m1/s1. The summed E-state index contributed by atoms with van der Waals surface area (Å²) in [5.74, 6) is 0.404. The summed E-state index contributed by atoms with van der Waals surface area (Å²) in [4.78, 5) is 30.4. The molecule has 0 saturated carbocycles. The number of nitrogens with zero attached hydrogens (tertiary/aromatic N) is 2. The molecule has 2 amide bonds. The molecule has 1 fully saturated rings. The van der Waals surface area contributed by atoms with Gasteiger partial charge in [0.25, 0.3) is 0 Å². The normalized spacial score (nSPS) is 17.1. The minimum atomic E-state index is -0.399. The summed E-state index contributed by atoms with van der Waals surface area (Å²) in [6.07, 6.45) is 1.86. The average Bonchev–Trinajstić information content (AvgIpc) is 3.05. The van der Waals surface area contributed by atoms with Crippen molar-refractivity contribution in [1.29, 1.82) is 0 Å². The minimum Gasteiger partial charge on any atom is -0.344 e. The molecule has 0 aromatic carbocycles. The molecule has 1 atom stereocenters. The Balaban J connectivity index is 1.89. The first kappa shape index (κ1) is 18.9. The highest BCUT2D eigenvalue weighted by atomic mass is 32.1. The average molecular weight is 352 g/mol. The molecule has 0 radical (unpaired) electrons. The molecular weight excluding hydrogens is 322 g/mol. The van der Waals surface area contributed by atoms with Crippen LogP contribution in [0.15, 0.2) is 17.5 Å². The lowest BCUT2D eigenvalue weighted by atomic mass is 10.0. The molecule has 1 aliphatic heterocycles. The Kier molecular flexibility index (Phi) is 7.24. The molecule has 0 bridgehead atoms. The van der Waals surface area contributed by atoms with Crippen LogP contribution in [0.5, 0.6) is 0 Å². The van der Waals surface area contributed by atoms with E-state index in [0.29, 0.717) is 18.8 Å². The van der Waals surface area contributed by atoms with E-state index in [-0.39, 0.29) is 11.8 Å². The number of amides is 2. The van der Waals surface area contributed by atoms with E-state index in [0.717, 1.165) is 32.6 Å². The van der Waals surface area contributed by atoms with Crippen molar-refractivity contribution in [2.24, 2.45) is 5.92 Å². The summed E-state index contributed by atoms with van der Waals surface area (Å²) in [6, 6.07) is 3.64. The van der Waals surface area contributed by atoms with Gasteiger partial charge >= 0.3 is 0 Å². The number of hydrogen-bond donors (Lipinski definition) is 1. The largest absolute Gasteiger partial charge is 0.344 e. The molecule has 2 rings (SSSR count). The third kappa shape index (κ3) is 5.91. The van der Waals surface area contributed by atoms with Gasteiger partial charge in [0.1, 0.15) is 6.04 Å². The second kappa shape index (κ2) is 9.18. The quantitative estimate of drug-likeness (QED) is 0.817. The van der Waals surface area contributed by atoms with E-state index >= 15 is 0 Å². The first-order valence-electron chi connectivity index (χ1n) is 8.74. The highest BCUT2D eigenvalue weighted by Crippen LogP contribution is 2.13. The van der Waals surface area contributed by atoms with Crippen molar-refractivity contribution in [3.05, 3.63) is 22.4 Å². The maximum absolute atomic E-state index is 12.8. The predicted molar refractivity (Wildman–Crippen MR) is 98.1 cm³/mol. The maximum atomic E-state index is 12.8. The van der Waals surface area contributed by atoms with Crippen LogP contribution in [0.2, 0.25) is 0 Å². The number of rotatable bonds is 7. The topological polar surface area (TPSA) is 52.7 Å². The number of nitrogens with one attached hydrogen (secondary N) is 1. The van der Waals surface area contributed by atoms with Gasteiger partial charge in [-0.05, 0) is 37.3 Å². The van der Waals surface area contributed by atoms with Crippen LogP contribution in [0.1, 0.15) is 31.6 Å². The smallest absolute Gasteiger partial charge is 0.245 e. The first-order chi connectivity index (χ1) is 11.5. The van der Waals surface area contributed by atoms with Gasteiger partial charge in [-0.1, -0.05) is 19.9 Å². The molecule has 0 aliphatic carbocycles. The second-order valence-electron chi connectivity index (χ2n) is 6.96. The zero-order valence-corrected chi connectivity index (χ0v) is 15.8. The molecule has 1 aliphatic rings. The molecule has 6 heteroatoms. The summed E-state index contributed by atoms with van der Waals surface area (Å²) >= 11 is 1.66. The molecule has 1 saturated heterocycles. The fraction of sp³-hybridized carbons (Fsp3) is 0.667. The van der Waals surface area contributed by atoms with Crippen molar-refractivity contribution in [3.63, 3.8) is 0 Å². The van der Waals surface area contributed by atoms with Crippen molar-refractivity contribution in [3.8, 4) is 0 Å². The molecule has 1 aromatic rings. The molecule has 1 N–H and O–H groups in total. The van der Waals surface area contributed by atoms with Gasteiger partial charge in [0.15, 0.2) is 0 Å². The number of likely N-dealkylation sites (N-methyl/N-ethyl adjacent to an activating group) is 1. The van der Waals surface area contributed by atoms with E-state index < -0.39 is 6.04 Å². The molecule has 2 heterocycles. The van der Waals surface area contributed by atoms with Gasteiger partial charge in [0.05, 0.1) is 0 Å². The zero-order valence-electron chi connectivity index (χ0n) is 15.0. The van der Waals surface area contributed by atoms with Crippen LogP contribution in [0.3, 0.4) is 0 Å². The van der Waals surface area contributed by atoms with Crippen molar-refractivity contribution in [2.75, 3.05) is 33.2 Å². The Labute approximate surface area is 149 Å². The monoisotopic (exact) mass is 351 g/mol. The third-order valence-corrected chi connectivity index (χ3v) is 5.27. The Morgan fingerprint density at radius 3 is 2.54 bits per heavy atom. The Morgan fingerprint density at radius 1 is 1.25 bits per heavy atom. The summed E-state index contributed by atoms with van der Waals surface area (Å²) < 4.78 is 0. The number of thiophene rings is 1. The fourth-order valence-electron chi connectivity index (χ4n) is 2.90. The van der Waals surface area contributed by atoms with Gasteiger partial charge in [0.2, 0.25) is 11.8 Å². The van der Waals surface area contributed by atoms with Crippen molar-refractivity contribution >= 4 is 23.2 Å². The lowest BCUT2D eigenvalue weighted by Gasteiger charge is -2.35. The first-order valence-corrected chi connectivity index (χ1v) is 9.62. The fourth-order valence-corrected chi connectivity index (χ4v) is 3.61. The van der Waals surface area contributed by atoms with Crippen LogP contribution in [0.25, 0.3) is 0 Å². The molecule has 24 heavy (non-hydrogen) atoms. The van der Waals surface area contributed by atoms with E-state index in [9.17, 15) is 9.59 Å². The molecule has 0 spiro atoms. The van der Waals surface area contributed by atoms with Crippen LogP contribution >= 0.6 is 11.3 Å². The van der Waals surface area contributed by atoms with Crippen LogP contribution in [-0.4, -0.2) is 60.9 Å². The molecule has 134 valence electrons. The van der Waals surface area contributed by atoms with Gasteiger partial charge in [0, 0.05) is 37.5 Å². The molecular formula is C18H29N3O2S. The second-order valence-corrected chi connectivity index (χ2v) is 7.99. The summed E-state index contributed by atoms with van der Waals surface area (Å²) in [5.41, 5.74) is 0. The van der Waals surface area contributed by atoms with Crippen LogP contribution in [-0.2, 0) is 16.0 Å². The van der Waals surface area contributed by atoms with E-state index in [1.807, 2.05) is 22.4 Å². The summed E-state index contributed by atoms with van der Waals surface area (Å²) in [5, 5.41) is 5.00. The van der Waals surface area contributed by atoms with Gasteiger partial charge in [-0.15, -0.1) is 11.3 Å². The van der Waals surface area contributed by atoms with E-state index in [1.165, 1.54) is 4.88 Å². The lowest BCUT2D eigenvalue weighted by molar-refractivity contribution is -0.138. The van der Waals surface area contributed by atoms with Crippen LogP contribution < -0.4 is 5.32 Å². The SMILES string of the molecule is CC(C)C[C@@H](NC(=O)CCc1cccs1)C(=O)N1CCN(C)CC1. The van der Waals surface area contributed by atoms with Crippen molar-refractivity contribution in [1.82, 2.24) is 15.1 Å². The number of aryl methyl sites for hydroxylation is 1. The summed E-state index contributed by atoms with van der Waals surface area (Å²) in [7, 11) is 2.07. The van der Waals surface area contributed by atoms with Gasteiger partial charge in [-0.3, -0.25) is 9.59 Å². The zero-order chi connectivity index (χ0) is 17.5. The third-order valence-electron chi connectivity index (χ3n) is 4.33. The molecule has 0 unspecified atom stereocenters. The number of carbonyl (C=O) groups is 2. The van der Waals surface area contributed by atoms with Crippen LogP contribution in [0.4, 0.5) is 0 Å². The Bertz CT molecular complexity index is 522. The van der Waals surface area contributed by atoms with Crippen molar-refractivity contribution < 1.29 is 9.59 Å². The van der Waals surface area contributed by atoms with Gasteiger partial charge in [-0.2, -0.15) is 0 Å². The number of piperazine rings is 1. The van der Waals surface area contributed by atoms with E-state index in [1.54, 1.807) is 11.3 Å². The minimum absolute atomic E-state index is 0.0310. The summed E-state index contributed by atoms with van der Waals surface area (Å²) in [6.45, 7) is 7.45. The Morgan fingerprint density at radius 2 is 1.96 bits per heavy atom. The van der Waals surface area contributed by atoms with Gasteiger partial charge in [-0.25, -0.2) is 0 Å². The van der Waals surface area contributed by atoms with E-state index in [2.05, 4.69) is 31.1 Å². The van der Waals surface area contributed by atoms with Gasteiger partial charge < -0.3 is 15.1 Å². The number of hydrogen-bond acceptors (Lipinski definition) is 4. The van der Waals surface area contributed by atoms with E-state index in [4.69, 9.17) is 0 Å². The highest BCUT2D eigenvalue weighted by molar-refractivity contribution is 7.09. The predicted octanol–water partition coefficient (Wildman–Crippen LogP) is 1.99. The Hall–Kier alpha value is -1.40. The molecule has 5 nitrogen and oxygen atoms in total. The molecule has 1 aromatic heterocycles.